The topological polar surface area (TPSA) is 92.5 Å². The number of nitrogens with zero attached hydrogens (tertiary/aromatic N) is 2. The Balaban J connectivity index is 1.94. The number of amides is 1. The Morgan fingerprint density at radius 2 is 2.19 bits per heavy atom. The number of hydrogen-bond acceptors (Lipinski definition) is 5. The van der Waals surface area contributed by atoms with Gasteiger partial charge >= 0.3 is 0 Å². The average Bonchev–Trinajstić information content (AvgIpc) is 2.70. The van der Waals surface area contributed by atoms with E-state index in [9.17, 15) is 13.2 Å². The van der Waals surface area contributed by atoms with Crippen molar-refractivity contribution >= 4 is 15.9 Å². The maximum atomic E-state index is 12.1. The van der Waals surface area contributed by atoms with E-state index in [0.29, 0.717) is 24.5 Å². The normalized spacial score (nSPS) is 20.4. The summed E-state index contributed by atoms with van der Waals surface area (Å²) in [6.45, 7) is 4.43. The van der Waals surface area contributed by atoms with Crippen LogP contribution in [0.25, 0.3) is 0 Å². The van der Waals surface area contributed by atoms with E-state index in [0.717, 1.165) is 18.4 Å². The molecule has 1 atom stereocenters. The molecule has 0 spiro atoms. The summed E-state index contributed by atoms with van der Waals surface area (Å²) in [5, 5.41) is 6.72. The van der Waals surface area contributed by atoms with Crippen molar-refractivity contribution in [2.75, 3.05) is 19.3 Å². The fraction of sp³-hybridized carbons (Fsp3) is 0.692. The summed E-state index contributed by atoms with van der Waals surface area (Å²) in [6, 6.07) is -0.138. The molecule has 0 saturated carbocycles. The number of hydrogen-bond donors (Lipinski definition) is 1. The second kappa shape index (κ2) is 6.15. The Hall–Kier alpha value is -1.41. The zero-order valence-corrected chi connectivity index (χ0v) is 13.4. The summed E-state index contributed by atoms with van der Waals surface area (Å²) in [5.74, 6) is 0.508. The van der Waals surface area contributed by atoms with E-state index in [4.69, 9.17) is 4.52 Å². The summed E-state index contributed by atoms with van der Waals surface area (Å²) in [5.41, 5.74) is 1.51. The monoisotopic (exact) mass is 315 g/mol. The standard InChI is InChI=1S/C13H21N3O4S/c1-9-12(10(2)20-15-9)7-13(17)14-11-5-4-6-16(8-11)21(3,18)19/h11H,4-8H2,1-3H3,(H,14,17). The van der Waals surface area contributed by atoms with Crippen LogP contribution >= 0.6 is 0 Å². The number of carbonyl (C=O) groups is 1. The van der Waals surface area contributed by atoms with Crippen LogP contribution in [0.5, 0.6) is 0 Å². The lowest BCUT2D eigenvalue weighted by atomic mass is 10.1. The summed E-state index contributed by atoms with van der Waals surface area (Å²) < 4.78 is 29.6. The third-order valence-electron chi connectivity index (χ3n) is 3.74. The summed E-state index contributed by atoms with van der Waals surface area (Å²) in [4.78, 5) is 12.1. The van der Waals surface area contributed by atoms with Crippen LogP contribution in [-0.2, 0) is 21.2 Å². The van der Waals surface area contributed by atoms with Gasteiger partial charge in [0, 0.05) is 24.7 Å². The molecule has 1 saturated heterocycles. The Labute approximate surface area is 124 Å². The van der Waals surface area contributed by atoms with Crippen molar-refractivity contribution in [3.8, 4) is 0 Å². The molecule has 0 aromatic carbocycles. The number of nitrogens with one attached hydrogen (secondary N) is 1. The van der Waals surface area contributed by atoms with Gasteiger partial charge in [0.1, 0.15) is 5.76 Å². The minimum atomic E-state index is -3.20. The molecule has 2 heterocycles. The highest BCUT2D eigenvalue weighted by Gasteiger charge is 2.27. The van der Waals surface area contributed by atoms with Crippen LogP contribution < -0.4 is 5.32 Å². The minimum absolute atomic E-state index is 0.134. The highest BCUT2D eigenvalue weighted by Crippen LogP contribution is 2.15. The number of sulfonamides is 1. The first kappa shape index (κ1) is 16.0. The lowest BCUT2D eigenvalue weighted by Crippen LogP contribution is -2.49. The zero-order chi connectivity index (χ0) is 15.6. The van der Waals surface area contributed by atoms with Gasteiger partial charge in [-0.3, -0.25) is 4.79 Å². The molecule has 2 rings (SSSR count). The highest BCUT2D eigenvalue weighted by molar-refractivity contribution is 7.88. The molecule has 0 aliphatic carbocycles. The Morgan fingerprint density at radius 1 is 1.48 bits per heavy atom. The summed E-state index contributed by atoms with van der Waals surface area (Å²) >= 11 is 0. The molecule has 21 heavy (non-hydrogen) atoms. The van der Waals surface area contributed by atoms with E-state index >= 15 is 0 Å². The molecule has 8 heteroatoms. The van der Waals surface area contributed by atoms with E-state index in [1.807, 2.05) is 0 Å². The van der Waals surface area contributed by atoms with Crippen LogP contribution in [0, 0.1) is 13.8 Å². The van der Waals surface area contributed by atoms with Gasteiger partial charge in [-0.1, -0.05) is 5.16 Å². The van der Waals surface area contributed by atoms with Crippen LogP contribution in [-0.4, -0.2) is 49.2 Å². The molecule has 1 aromatic heterocycles. The van der Waals surface area contributed by atoms with Crippen LogP contribution in [0.2, 0.25) is 0 Å². The van der Waals surface area contributed by atoms with Crippen LogP contribution in [0.15, 0.2) is 4.52 Å². The molecular formula is C13H21N3O4S. The van der Waals surface area contributed by atoms with Gasteiger partial charge in [0.25, 0.3) is 0 Å². The quantitative estimate of drug-likeness (QED) is 0.867. The lowest BCUT2D eigenvalue weighted by molar-refractivity contribution is -0.121. The second-order valence-electron chi connectivity index (χ2n) is 5.51. The van der Waals surface area contributed by atoms with E-state index in [1.54, 1.807) is 13.8 Å². The molecule has 7 nitrogen and oxygen atoms in total. The first-order valence-electron chi connectivity index (χ1n) is 6.93. The van der Waals surface area contributed by atoms with Crippen LogP contribution in [0.4, 0.5) is 0 Å². The Kier molecular flexibility index (Phi) is 4.67. The van der Waals surface area contributed by atoms with Gasteiger partial charge in [-0.05, 0) is 26.7 Å². The van der Waals surface area contributed by atoms with E-state index in [1.165, 1.54) is 10.6 Å². The Bertz CT molecular complexity index is 604. The van der Waals surface area contributed by atoms with Gasteiger partial charge < -0.3 is 9.84 Å². The molecular weight excluding hydrogens is 294 g/mol. The Morgan fingerprint density at radius 3 is 2.76 bits per heavy atom. The molecule has 1 fully saturated rings. The largest absolute Gasteiger partial charge is 0.361 e. The maximum Gasteiger partial charge on any atom is 0.224 e. The fourth-order valence-electron chi connectivity index (χ4n) is 2.55. The molecule has 1 N–H and O–H groups in total. The van der Waals surface area contributed by atoms with Gasteiger partial charge in [0.15, 0.2) is 0 Å². The summed E-state index contributed by atoms with van der Waals surface area (Å²) in [7, 11) is -3.20. The molecule has 0 bridgehead atoms. The van der Waals surface area contributed by atoms with Crippen molar-refractivity contribution in [1.29, 1.82) is 0 Å². The molecule has 0 radical (unpaired) electrons. The zero-order valence-electron chi connectivity index (χ0n) is 12.5. The van der Waals surface area contributed by atoms with Crippen molar-refractivity contribution < 1.29 is 17.7 Å². The predicted octanol–water partition coefficient (Wildman–Crippen LogP) is 0.374. The third kappa shape index (κ3) is 4.04. The number of rotatable bonds is 4. The average molecular weight is 315 g/mol. The maximum absolute atomic E-state index is 12.1. The first-order valence-corrected chi connectivity index (χ1v) is 8.78. The molecule has 1 aliphatic rings. The predicted molar refractivity (Wildman–Crippen MR) is 77.3 cm³/mol. The number of piperidine rings is 1. The smallest absolute Gasteiger partial charge is 0.224 e. The molecule has 1 unspecified atom stereocenters. The minimum Gasteiger partial charge on any atom is -0.361 e. The molecule has 1 amide bonds. The first-order chi connectivity index (χ1) is 9.77. The second-order valence-corrected chi connectivity index (χ2v) is 7.49. The van der Waals surface area contributed by atoms with Crippen molar-refractivity contribution in [3.63, 3.8) is 0 Å². The lowest BCUT2D eigenvalue weighted by Gasteiger charge is -2.31. The summed E-state index contributed by atoms with van der Waals surface area (Å²) in [6.07, 6.45) is 2.94. The van der Waals surface area contributed by atoms with Gasteiger partial charge in [0.05, 0.1) is 18.4 Å². The van der Waals surface area contributed by atoms with Crippen LogP contribution in [0.1, 0.15) is 29.9 Å². The van der Waals surface area contributed by atoms with E-state index < -0.39 is 10.0 Å². The number of aryl methyl sites for hydroxylation is 2. The van der Waals surface area contributed by atoms with Gasteiger partial charge in [-0.15, -0.1) is 0 Å². The van der Waals surface area contributed by atoms with Crippen molar-refractivity contribution in [2.24, 2.45) is 0 Å². The highest BCUT2D eigenvalue weighted by atomic mass is 32.2. The van der Waals surface area contributed by atoms with Crippen LogP contribution in [0.3, 0.4) is 0 Å². The van der Waals surface area contributed by atoms with Gasteiger partial charge in [-0.2, -0.15) is 0 Å². The molecule has 1 aliphatic heterocycles. The number of carbonyl (C=O) groups excluding carboxylic acids is 1. The van der Waals surface area contributed by atoms with E-state index in [-0.39, 0.29) is 18.4 Å². The van der Waals surface area contributed by atoms with Gasteiger partial charge in [0.2, 0.25) is 15.9 Å². The molecule has 1 aromatic rings. The SMILES string of the molecule is Cc1noc(C)c1CC(=O)NC1CCCN(S(C)(=O)=O)C1. The van der Waals surface area contributed by atoms with Crippen molar-refractivity contribution in [2.45, 2.75) is 39.2 Å². The van der Waals surface area contributed by atoms with Gasteiger partial charge in [-0.25, -0.2) is 12.7 Å². The molecule has 118 valence electrons. The number of aromatic nitrogens is 1. The van der Waals surface area contributed by atoms with Crippen molar-refractivity contribution in [3.05, 3.63) is 17.0 Å². The van der Waals surface area contributed by atoms with E-state index in [2.05, 4.69) is 10.5 Å². The fourth-order valence-corrected chi connectivity index (χ4v) is 3.47. The van der Waals surface area contributed by atoms with Crippen molar-refractivity contribution in [1.82, 2.24) is 14.8 Å². The third-order valence-corrected chi connectivity index (χ3v) is 5.01.